The van der Waals surface area contributed by atoms with Gasteiger partial charge in [0.15, 0.2) is 0 Å². The van der Waals surface area contributed by atoms with Gasteiger partial charge in [0, 0.05) is 0 Å². The van der Waals surface area contributed by atoms with Gasteiger partial charge < -0.3 is 0 Å². The SMILES string of the molecule is CCN(CC)C(=O)[As]c1ccc2[nH]nc(C(=O)N[C@@H]3CN4CCC3CC4)c2c1. The van der Waals surface area contributed by atoms with Gasteiger partial charge in [0.1, 0.15) is 0 Å². The van der Waals surface area contributed by atoms with Crippen molar-refractivity contribution in [2.45, 2.75) is 32.7 Å². The number of hydrogen-bond donors (Lipinski definition) is 2. The number of piperidine rings is 3. The van der Waals surface area contributed by atoms with Crippen LogP contribution < -0.4 is 9.67 Å². The Labute approximate surface area is 171 Å². The van der Waals surface area contributed by atoms with E-state index in [0.717, 1.165) is 60.8 Å². The molecule has 1 aromatic carbocycles. The summed E-state index contributed by atoms with van der Waals surface area (Å²) in [6.45, 7) is 8.69. The third kappa shape index (κ3) is 3.83. The molecule has 149 valence electrons. The Kier molecular flexibility index (Phi) is 5.74. The summed E-state index contributed by atoms with van der Waals surface area (Å²) in [6, 6.07) is 6.07. The number of H-pyrrole nitrogens is 1. The van der Waals surface area contributed by atoms with Crippen LogP contribution in [-0.2, 0) is 0 Å². The summed E-state index contributed by atoms with van der Waals surface area (Å²) in [5.74, 6) is 0.458. The van der Waals surface area contributed by atoms with Crippen LogP contribution >= 0.6 is 0 Å². The summed E-state index contributed by atoms with van der Waals surface area (Å²) >= 11 is -0.625. The average Bonchev–Trinajstić information content (AvgIpc) is 3.13. The molecular formula is C20H27AsN5O2. The fourth-order valence-corrected chi connectivity index (χ4v) is 6.36. The third-order valence-electron chi connectivity index (χ3n) is 5.99. The van der Waals surface area contributed by atoms with Crippen molar-refractivity contribution in [1.29, 1.82) is 0 Å². The zero-order valence-corrected chi connectivity index (χ0v) is 18.3. The van der Waals surface area contributed by atoms with E-state index in [1.165, 1.54) is 0 Å². The van der Waals surface area contributed by atoms with Gasteiger partial charge in [-0.2, -0.15) is 0 Å². The van der Waals surface area contributed by atoms with Crippen LogP contribution in [0, 0.1) is 5.92 Å². The molecule has 4 heterocycles. The van der Waals surface area contributed by atoms with Crippen molar-refractivity contribution in [3.05, 3.63) is 23.9 Å². The molecule has 0 saturated carbocycles. The van der Waals surface area contributed by atoms with Gasteiger partial charge in [-0.15, -0.1) is 0 Å². The number of nitrogens with zero attached hydrogens (tertiary/aromatic N) is 3. The Balaban J connectivity index is 1.51. The Morgan fingerprint density at radius 1 is 1.29 bits per heavy atom. The van der Waals surface area contributed by atoms with Gasteiger partial charge >= 0.3 is 172 Å². The molecule has 0 aliphatic carbocycles. The van der Waals surface area contributed by atoms with E-state index < -0.39 is 15.8 Å². The van der Waals surface area contributed by atoms with Gasteiger partial charge in [-0.1, -0.05) is 0 Å². The number of carbonyl (C=O) groups excluding carboxylic acids is 2. The Hall–Kier alpha value is -1.85. The van der Waals surface area contributed by atoms with Gasteiger partial charge in [0.25, 0.3) is 0 Å². The van der Waals surface area contributed by atoms with Crippen molar-refractivity contribution in [3.8, 4) is 0 Å². The summed E-state index contributed by atoms with van der Waals surface area (Å²) < 4.78 is 1.20. The first kappa shape index (κ1) is 19.5. The van der Waals surface area contributed by atoms with Crippen LogP contribution in [0.15, 0.2) is 18.2 Å². The second kappa shape index (κ2) is 8.26. The minimum atomic E-state index is -0.625. The molecule has 7 nitrogen and oxygen atoms in total. The maximum absolute atomic E-state index is 12.9. The normalized spacial score (nSPS) is 24.1. The predicted molar refractivity (Wildman–Crippen MR) is 110 cm³/mol. The van der Waals surface area contributed by atoms with Crippen LogP contribution in [0.1, 0.15) is 37.2 Å². The predicted octanol–water partition coefficient (Wildman–Crippen LogP) is 1.18. The molecule has 1 atom stereocenters. The molecule has 2 aromatic rings. The monoisotopic (exact) mass is 444 g/mol. The molecule has 1 aromatic heterocycles. The number of aromatic amines is 1. The molecule has 3 saturated heterocycles. The molecular weight excluding hydrogens is 417 g/mol. The van der Waals surface area contributed by atoms with Gasteiger partial charge in [0.05, 0.1) is 0 Å². The van der Waals surface area contributed by atoms with Gasteiger partial charge in [-0.05, 0) is 0 Å². The van der Waals surface area contributed by atoms with E-state index >= 15 is 0 Å². The molecule has 3 fully saturated rings. The van der Waals surface area contributed by atoms with Crippen molar-refractivity contribution in [3.63, 3.8) is 0 Å². The first-order chi connectivity index (χ1) is 13.6. The molecule has 2 N–H and O–H groups in total. The molecule has 2 bridgehead atoms. The average molecular weight is 444 g/mol. The summed E-state index contributed by atoms with van der Waals surface area (Å²) in [5, 5.41) is 11.3. The van der Waals surface area contributed by atoms with E-state index in [1.54, 1.807) is 0 Å². The third-order valence-corrected chi connectivity index (χ3v) is 8.11. The van der Waals surface area contributed by atoms with Crippen LogP contribution in [0.4, 0.5) is 4.79 Å². The summed E-state index contributed by atoms with van der Waals surface area (Å²) in [6.07, 6.45) is 2.32. The van der Waals surface area contributed by atoms with Gasteiger partial charge in [0.2, 0.25) is 0 Å². The number of amides is 2. The fourth-order valence-electron chi connectivity index (χ4n) is 4.29. The first-order valence-corrected chi connectivity index (χ1v) is 12.0. The van der Waals surface area contributed by atoms with Crippen LogP contribution in [0.25, 0.3) is 10.9 Å². The zero-order valence-electron chi connectivity index (χ0n) is 16.4. The molecule has 3 aliphatic rings. The molecule has 0 unspecified atom stereocenters. The Morgan fingerprint density at radius 3 is 2.68 bits per heavy atom. The molecule has 1 radical (unpaired) electrons. The number of aromatic nitrogens is 2. The standard InChI is InChI=1S/C20H27AsN5O2/c1-3-26(4-2)20(28)21-14-5-6-16-15(11-14)18(24-23-16)19(27)22-17-12-25-9-7-13(17)8-10-25/h5-6,11,13,17H,3-4,7-10,12H2,1-2H3,(H,22,27)(H,23,24)/t17-/m1/s1. The van der Waals surface area contributed by atoms with Crippen LogP contribution in [0.3, 0.4) is 0 Å². The molecule has 0 spiro atoms. The minimum absolute atomic E-state index is 0.117. The van der Waals surface area contributed by atoms with Gasteiger partial charge in [-0.3, -0.25) is 0 Å². The summed E-state index contributed by atoms with van der Waals surface area (Å²) in [4.78, 5) is 29.7. The fraction of sp³-hybridized carbons (Fsp3) is 0.550. The van der Waals surface area contributed by atoms with E-state index in [4.69, 9.17) is 0 Å². The van der Waals surface area contributed by atoms with Crippen molar-refractivity contribution >= 4 is 41.6 Å². The summed E-state index contributed by atoms with van der Waals surface area (Å²) in [7, 11) is 0. The number of carbonyl (C=O) groups is 2. The van der Waals surface area contributed by atoms with Crippen LogP contribution in [-0.4, -0.2) is 85.1 Å². The first-order valence-electron chi connectivity index (χ1n) is 10.1. The second-order valence-corrected chi connectivity index (χ2v) is 9.94. The molecule has 2 amide bonds. The number of rotatable bonds is 6. The van der Waals surface area contributed by atoms with Crippen molar-refractivity contribution in [1.82, 2.24) is 25.3 Å². The van der Waals surface area contributed by atoms with Crippen molar-refractivity contribution in [2.24, 2.45) is 5.92 Å². The Bertz CT molecular complexity index is 871. The number of benzene rings is 1. The van der Waals surface area contributed by atoms with Crippen molar-refractivity contribution < 1.29 is 9.59 Å². The van der Waals surface area contributed by atoms with E-state index in [-0.39, 0.29) is 16.6 Å². The summed E-state index contributed by atoms with van der Waals surface area (Å²) in [5.41, 5.74) is 1.27. The number of nitrogens with one attached hydrogen (secondary N) is 2. The topological polar surface area (TPSA) is 81.3 Å². The second-order valence-electron chi connectivity index (χ2n) is 7.59. The molecule has 8 heteroatoms. The number of fused-ring (bicyclic) bond motifs is 4. The van der Waals surface area contributed by atoms with Crippen LogP contribution in [0.5, 0.6) is 0 Å². The van der Waals surface area contributed by atoms with E-state index in [1.807, 2.05) is 36.9 Å². The molecule has 3 aliphatic heterocycles. The zero-order chi connectivity index (χ0) is 19.7. The van der Waals surface area contributed by atoms with Crippen molar-refractivity contribution in [2.75, 3.05) is 32.7 Å². The quantitative estimate of drug-likeness (QED) is 0.656. The van der Waals surface area contributed by atoms with Gasteiger partial charge in [-0.25, -0.2) is 0 Å². The van der Waals surface area contributed by atoms with E-state index in [2.05, 4.69) is 20.4 Å². The number of hydrogen-bond acceptors (Lipinski definition) is 4. The van der Waals surface area contributed by atoms with Crippen LogP contribution in [0.2, 0.25) is 0 Å². The molecule has 28 heavy (non-hydrogen) atoms. The van der Waals surface area contributed by atoms with E-state index in [9.17, 15) is 9.59 Å². The van der Waals surface area contributed by atoms with E-state index in [0.29, 0.717) is 11.6 Å². The Morgan fingerprint density at radius 2 is 2.04 bits per heavy atom. The maximum atomic E-state index is 12.9. The molecule has 5 rings (SSSR count).